The van der Waals surface area contributed by atoms with E-state index in [-0.39, 0.29) is 11.8 Å². The predicted molar refractivity (Wildman–Crippen MR) is 78.1 cm³/mol. The fraction of sp³-hybridized carbons (Fsp3) is 0.500. The van der Waals surface area contributed by atoms with Crippen molar-refractivity contribution in [1.82, 2.24) is 10.2 Å². The van der Waals surface area contributed by atoms with Crippen LogP contribution in [0.4, 0.5) is 0 Å². The van der Waals surface area contributed by atoms with E-state index in [1.54, 1.807) is 12.1 Å². The van der Waals surface area contributed by atoms with Crippen LogP contribution in [0.1, 0.15) is 34.3 Å². The Morgan fingerprint density at radius 3 is 2.90 bits per heavy atom. The monoisotopic (exact) mass is 288 g/mol. The number of benzene rings is 1. The van der Waals surface area contributed by atoms with Crippen LogP contribution in [-0.4, -0.2) is 41.5 Å². The molecule has 1 atom stereocenters. The van der Waals surface area contributed by atoms with E-state index < -0.39 is 5.97 Å². The summed E-state index contributed by atoms with van der Waals surface area (Å²) in [6.07, 6.45) is 2.62. The fourth-order valence-corrected chi connectivity index (χ4v) is 3.32. The molecule has 0 unspecified atom stereocenters. The summed E-state index contributed by atoms with van der Waals surface area (Å²) in [6.45, 7) is 2.91. The van der Waals surface area contributed by atoms with Gasteiger partial charge in [0.05, 0.1) is 11.5 Å². The van der Waals surface area contributed by atoms with Gasteiger partial charge >= 0.3 is 5.97 Å². The lowest BCUT2D eigenvalue weighted by Crippen LogP contribution is -2.45. The molecule has 2 aliphatic heterocycles. The third-order valence-corrected chi connectivity index (χ3v) is 4.45. The van der Waals surface area contributed by atoms with Crippen molar-refractivity contribution in [1.29, 1.82) is 0 Å². The number of rotatable bonds is 2. The highest BCUT2D eigenvalue weighted by Gasteiger charge is 2.29. The first kappa shape index (κ1) is 14.1. The Labute approximate surface area is 123 Å². The summed E-state index contributed by atoms with van der Waals surface area (Å²) in [6, 6.07) is 5.34. The number of fused-ring (bicyclic) bond motifs is 1. The summed E-state index contributed by atoms with van der Waals surface area (Å²) in [5.74, 6) is -0.611. The van der Waals surface area contributed by atoms with Crippen molar-refractivity contribution in [3.8, 4) is 0 Å². The summed E-state index contributed by atoms with van der Waals surface area (Å²) < 4.78 is 0. The van der Waals surface area contributed by atoms with Gasteiger partial charge in [0, 0.05) is 19.6 Å². The van der Waals surface area contributed by atoms with Gasteiger partial charge in [-0.25, -0.2) is 4.79 Å². The molecule has 112 valence electrons. The average Bonchev–Trinajstić information content (AvgIpc) is 2.53. The molecule has 0 aliphatic carbocycles. The molecule has 1 saturated heterocycles. The Morgan fingerprint density at radius 2 is 2.19 bits per heavy atom. The molecule has 1 fully saturated rings. The highest BCUT2D eigenvalue weighted by molar-refractivity contribution is 5.90. The second-order valence-corrected chi connectivity index (χ2v) is 5.80. The van der Waals surface area contributed by atoms with E-state index in [2.05, 4.69) is 5.32 Å². The molecular weight excluding hydrogens is 268 g/mol. The smallest absolute Gasteiger partial charge is 0.335 e. The first-order valence-corrected chi connectivity index (χ1v) is 7.50. The van der Waals surface area contributed by atoms with Gasteiger partial charge < -0.3 is 15.3 Å². The largest absolute Gasteiger partial charge is 0.478 e. The average molecular weight is 288 g/mol. The topological polar surface area (TPSA) is 69.6 Å². The van der Waals surface area contributed by atoms with Gasteiger partial charge in [0.15, 0.2) is 0 Å². The van der Waals surface area contributed by atoms with Gasteiger partial charge in [-0.2, -0.15) is 0 Å². The number of nitrogens with one attached hydrogen (secondary N) is 1. The zero-order chi connectivity index (χ0) is 14.8. The lowest BCUT2D eigenvalue weighted by atomic mass is 9.92. The Hall–Kier alpha value is -1.88. The highest BCUT2D eigenvalue weighted by atomic mass is 16.4. The number of carbonyl (C=O) groups is 2. The molecule has 1 aromatic carbocycles. The van der Waals surface area contributed by atoms with Crippen LogP contribution in [0, 0.1) is 5.92 Å². The number of hydrogen-bond donors (Lipinski definition) is 2. The maximum atomic E-state index is 12.6. The first-order chi connectivity index (χ1) is 10.2. The van der Waals surface area contributed by atoms with Crippen molar-refractivity contribution < 1.29 is 14.7 Å². The third-order valence-electron chi connectivity index (χ3n) is 4.45. The van der Waals surface area contributed by atoms with Crippen LogP contribution in [0.5, 0.6) is 0 Å². The molecule has 0 aromatic heterocycles. The quantitative estimate of drug-likeness (QED) is 0.860. The maximum absolute atomic E-state index is 12.6. The molecule has 2 aliphatic rings. The molecule has 1 amide bonds. The van der Waals surface area contributed by atoms with Gasteiger partial charge in [0.2, 0.25) is 5.91 Å². The molecule has 21 heavy (non-hydrogen) atoms. The minimum atomic E-state index is -0.886. The molecule has 2 N–H and O–H groups in total. The lowest BCUT2D eigenvalue weighted by Gasteiger charge is -2.33. The van der Waals surface area contributed by atoms with Crippen molar-refractivity contribution in [2.24, 2.45) is 5.92 Å². The van der Waals surface area contributed by atoms with Crippen LogP contribution >= 0.6 is 0 Å². The Bertz CT molecular complexity index is 565. The molecule has 2 heterocycles. The van der Waals surface area contributed by atoms with Crippen LogP contribution in [0.3, 0.4) is 0 Å². The molecular formula is C16H20N2O3. The molecule has 5 nitrogen and oxygen atoms in total. The minimum absolute atomic E-state index is 0.0722. The van der Waals surface area contributed by atoms with Crippen molar-refractivity contribution in [2.75, 3.05) is 19.6 Å². The van der Waals surface area contributed by atoms with Crippen LogP contribution in [0.2, 0.25) is 0 Å². The number of aromatic carboxylic acids is 1. The summed E-state index contributed by atoms with van der Waals surface area (Å²) in [5, 5.41) is 12.5. The van der Waals surface area contributed by atoms with E-state index >= 15 is 0 Å². The molecule has 5 heteroatoms. The molecule has 1 aromatic rings. The first-order valence-electron chi connectivity index (χ1n) is 7.50. The van der Waals surface area contributed by atoms with E-state index in [0.29, 0.717) is 25.1 Å². The maximum Gasteiger partial charge on any atom is 0.335 e. The van der Waals surface area contributed by atoms with Gasteiger partial charge in [0.1, 0.15) is 0 Å². The van der Waals surface area contributed by atoms with Crippen LogP contribution < -0.4 is 5.32 Å². The zero-order valence-electron chi connectivity index (χ0n) is 12.0. The zero-order valence-corrected chi connectivity index (χ0v) is 12.0. The van der Waals surface area contributed by atoms with Crippen LogP contribution in [0.25, 0.3) is 0 Å². The summed E-state index contributed by atoms with van der Waals surface area (Å²) >= 11 is 0. The SMILES string of the molecule is O=C(O)c1cccc2c1CCN(C(=O)[C@H]1CCCNC1)C2. The Morgan fingerprint density at radius 1 is 1.33 bits per heavy atom. The van der Waals surface area contributed by atoms with Gasteiger partial charge in [-0.15, -0.1) is 0 Å². The summed E-state index contributed by atoms with van der Waals surface area (Å²) in [5.41, 5.74) is 2.23. The van der Waals surface area contributed by atoms with Crippen molar-refractivity contribution in [3.63, 3.8) is 0 Å². The molecule has 0 radical (unpaired) electrons. The molecule has 0 bridgehead atoms. The van der Waals surface area contributed by atoms with Crippen molar-refractivity contribution in [3.05, 3.63) is 34.9 Å². The second kappa shape index (κ2) is 5.85. The van der Waals surface area contributed by atoms with Gasteiger partial charge in [-0.1, -0.05) is 12.1 Å². The Kier molecular flexibility index (Phi) is 3.92. The number of carboxylic acids is 1. The van der Waals surface area contributed by atoms with Gasteiger partial charge in [-0.05, 0) is 43.0 Å². The van der Waals surface area contributed by atoms with Crippen molar-refractivity contribution >= 4 is 11.9 Å². The number of piperidine rings is 1. The van der Waals surface area contributed by atoms with Crippen LogP contribution in [-0.2, 0) is 17.8 Å². The minimum Gasteiger partial charge on any atom is -0.478 e. The third kappa shape index (κ3) is 2.78. The van der Waals surface area contributed by atoms with E-state index in [4.69, 9.17) is 0 Å². The van der Waals surface area contributed by atoms with E-state index in [9.17, 15) is 14.7 Å². The number of hydrogen-bond acceptors (Lipinski definition) is 3. The van der Waals surface area contributed by atoms with Crippen LogP contribution in [0.15, 0.2) is 18.2 Å². The lowest BCUT2D eigenvalue weighted by molar-refractivity contribution is -0.137. The van der Waals surface area contributed by atoms with Crippen molar-refractivity contribution in [2.45, 2.75) is 25.8 Å². The predicted octanol–water partition coefficient (Wildman–Crippen LogP) is 1.27. The second-order valence-electron chi connectivity index (χ2n) is 5.80. The summed E-state index contributed by atoms with van der Waals surface area (Å²) in [4.78, 5) is 25.7. The normalized spacial score (nSPS) is 21.7. The van der Waals surface area contributed by atoms with Gasteiger partial charge in [-0.3, -0.25) is 4.79 Å². The fourth-order valence-electron chi connectivity index (χ4n) is 3.32. The molecule has 0 spiro atoms. The number of carbonyl (C=O) groups excluding carboxylic acids is 1. The van der Waals surface area contributed by atoms with Gasteiger partial charge in [0.25, 0.3) is 0 Å². The summed E-state index contributed by atoms with van der Waals surface area (Å²) in [7, 11) is 0. The van der Waals surface area contributed by atoms with E-state index in [1.165, 1.54) is 0 Å². The van der Waals surface area contributed by atoms with E-state index in [0.717, 1.165) is 37.1 Å². The number of nitrogens with zero attached hydrogens (tertiary/aromatic N) is 1. The number of amides is 1. The highest BCUT2D eigenvalue weighted by Crippen LogP contribution is 2.25. The standard InChI is InChI=1S/C16H20N2O3/c19-15(11-4-2-7-17-9-11)18-8-6-13-12(10-18)3-1-5-14(13)16(20)21/h1,3,5,11,17H,2,4,6-10H2,(H,20,21)/t11-/m0/s1. The Balaban J connectivity index is 1.77. The molecule has 0 saturated carbocycles. The molecule has 3 rings (SSSR count). The number of carboxylic acid groups (broad SMARTS) is 1. The van der Waals surface area contributed by atoms with E-state index in [1.807, 2.05) is 11.0 Å².